The quantitative estimate of drug-likeness (QED) is 0.145. The number of hydrogen-bond acceptors (Lipinski definition) is 10. The zero-order valence-corrected chi connectivity index (χ0v) is 21.8. The van der Waals surface area contributed by atoms with Crippen molar-refractivity contribution < 1.29 is 38.2 Å². The Labute approximate surface area is 222 Å². The molecule has 0 aliphatic carbocycles. The summed E-state index contributed by atoms with van der Waals surface area (Å²) in [5.41, 5.74) is 1.07. The van der Waals surface area contributed by atoms with Gasteiger partial charge in [0, 0.05) is 10.9 Å². The summed E-state index contributed by atoms with van der Waals surface area (Å²) in [6, 6.07) is 8.37. The number of hydrogen-bond donors (Lipinski definition) is 1. The molecule has 4 aromatic rings. The second kappa shape index (κ2) is 11.2. The maximum Gasteiger partial charge on any atom is 0.433 e. The van der Waals surface area contributed by atoms with Crippen LogP contribution >= 0.6 is 0 Å². The molecule has 0 saturated heterocycles. The molecule has 0 bridgehead atoms. The summed E-state index contributed by atoms with van der Waals surface area (Å²) in [5, 5.41) is 25.6. The van der Waals surface area contributed by atoms with Gasteiger partial charge in [0.2, 0.25) is 11.5 Å². The Kier molecular flexibility index (Phi) is 7.73. The minimum absolute atomic E-state index is 0.0712. The fraction of sp³-hybridized carbons (Fsp3) is 0.259. The number of furan rings is 1. The van der Waals surface area contributed by atoms with Crippen LogP contribution in [-0.2, 0) is 0 Å². The van der Waals surface area contributed by atoms with Gasteiger partial charge in [-0.15, -0.1) is 0 Å². The van der Waals surface area contributed by atoms with Gasteiger partial charge in [-0.2, -0.15) is 5.10 Å². The molecule has 0 spiro atoms. The summed E-state index contributed by atoms with van der Waals surface area (Å²) < 4.78 is 28.6. The zero-order chi connectivity index (χ0) is 28.3. The van der Waals surface area contributed by atoms with Crippen molar-refractivity contribution in [3.8, 4) is 34.8 Å². The second-order valence-electron chi connectivity index (χ2n) is 8.14. The number of carbonyl (C=O) groups is 1. The van der Waals surface area contributed by atoms with Gasteiger partial charge in [0.25, 0.3) is 0 Å². The standard InChI is InChI=1S/C27H25N3O9/c1-15(19-10-11-23(39-19)30(33)34)29-25-17(7-6-12-31)20(35-2)9-8-18(25)24(28-29)26(32)16-13-21(36-3)27(38-5)22(14-16)37-4/h8-11,13-15,31H,12H2,1-5H3. The van der Waals surface area contributed by atoms with Crippen LogP contribution in [0.5, 0.6) is 23.0 Å². The highest BCUT2D eigenvalue weighted by molar-refractivity contribution is 6.16. The lowest BCUT2D eigenvalue weighted by atomic mass is 10.0. The maximum atomic E-state index is 13.9. The third-order valence-corrected chi connectivity index (χ3v) is 6.06. The number of aromatic nitrogens is 2. The van der Waals surface area contributed by atoms with Crippen molar-refractivity contribution in [1.82, 2.24) is 9.78 Å². The monoisotopic (exact) mass is 535 g/mol. The van der Waals surface area contributed by atoms with Gasteiger partial charge >= 0.3 is 5.88 Å². The fourth-order valence-corrected chi connectivity index (χ4v) is 4.21. The number of rotatable bonds is 9. The average Bonchev–Trinajstić information content (AvgIpc) is 3.60. The molecule has 1 N–H and O–H groups in total. The van der Waals surface area contributed by atoms with Gasteiger partial charge in [-0.1, -0.05) is 11.8 Å². The van der Waals surface area contributed by atoms with Crippen LogP contribution in [0.25, 0.3) is 10.9 Å². The molecule has 1 atom stereocenters. The SMILES string of the molecule is COc1cc(C(=O)c2nn(C(C)c3ccc([N+](=O)[O-])o3)c3c(C#CCO)c(OC)ccc23)cc(OC)c1OC. The van der Waals surface area contributed by atoms with Crippen molar-refractivity contribution in [2.75, 3.05) is 35.0 Å². The molecule has 12 heteroatoms. The van der Waals surface area contributed by atoms with Crippen LogP contribution in [0.2, 0.25) is 0 Å². The van der Waals surface area contributed by atoms with Crippen molar-refractivity contribution in [2.24, 2.45) is 0 Å². The Morgan fingerprint density at radius 1 is 1.08 bits per heavy atom. The molecule has 0 aliphatic rings. The van der Waals surface area contributed by atoms with E-state index < -0.39 is 29.2 Å². The third kappa shape index (κ3) is 4.83. The number of fused-ring (bicyclic) bond motifs is 1. The van der Waals surface area contributed by atoms with Crippen molar-refractivity contribution >= 4 is 22.6 Å². The maximum absolute atomic E-state index is 13.9. The van der Waals surface area contributed by atoms with Crippen LogP contribution in [-0.4, -0.2) is 60.6 Å². The van der Waals surface area contributed by atoms with Crippen molar-refractivity contribution in [3.05, 3.63) is 69.1 Å². The Balaban J connectivity index is 1.99. The molecule has 0 radical (unpaired) electrons. The smallest absolute Gasteiger partial charge is 0.433 e. The van der Waals surface area contributed by atoms with E-state index in [0.717, 1.165) is 0 Å². The number of aliphatic hydroxyl groups is 1. The molecule has 1 unspecified atom stereocenters. The summed E-state index contributed by atoms with van der Waals surface area (Å²) in [6.45, 7) is 1.30. The van der Waals surface area contributed by atoms with E-state index in [9.17, 15) is 20.0 Å². The number of nitro groups is 1. The minimum atomic E-state index is -0.690. The lowest BCUT2D eigenvalue weighted by Crippen LogP contribution is -2.11. The molecular weight excluding hydrogens is 510 g/mol. The molecule has 0 amide bonds. The molecular formula is C27H25N3O9. The average molecular weight is 536 g/mol. The second-order valence-corrected chi connectivity index (χ2v) is 8.14. The summed E-state index contributed by atoms with van der Waals surface area (Å²) in [6.07, 6.45) is 0. The van der Waals surface area contributed by atoms with Crippen LogP contribution in [0.3, 0.4) is 0 Å². The lowest BCUT2D eigenvalue weighted by molar-refractivity contribution is -0.402. The third-order valence-electron chi connectivity index (χ3n) is 6.06. The van der Waals surface area contributed by atoms with E-state index in [0.29, 0.717) is 28.0 Å². The first-order chi connectivity index (χ1) is 18.8. The summed E-state index contributed by atoms with van der Waals surface area (Å²) in [7, 11) is 5.81. The molecule has 2 aromatic carbocycles. The number of methoxy groups -OCH3 is 4. The summed E-state index contributed by atoms with van der Waals surface area (Å²) in [4.78, 5) is 24.5. The number of carbonyl (C=O) groups excluding carboxylic acids is 1. The predicted octanol–water partition coefficient (Wildman–Crippen LogP) is 3.76. The Bertz CT molecular complexity index is 1600. The number of benzene rings is 2. The van der Waals surface area contributed by atoms with E-state index in [2.05, 4.69) is 16.9 Å². The van der Waals surface area contributed by atoms with E-state index in [-0.39, 0.29) is 28.5 Å². The molecule has 202 valence electrons. The Hall–Kier alpha value is -5.02. The molecule has 0 fully saturated rings. The molecule has 2 heterocycles. The van der Waals surface area contributed by atoms with Gasteiger partial charge in [-0.3, -0.25) is 19.6 Å². The number of ketones is 1. The topological polar surface area (TPSA) is 148 Å². The van der Waals surface area contributed by atoms with Gasteiger partial charge in [0.15, 0.2) is 11.5 Å². The van der Waals surface area contributed by atoms with E-state index in [1.807, 2.05) is 0 Å². The van der Waals surface area contributed by atoms with E-state index in [1.54, 1.807) is 19.1 Å². The van der Waals surface area contributed by atoms with E-state index >= 15 is 0 Å². The van der Waals surface area contributed by atoms with E-state index in [1.165, 1.54) is 57.4 Å². The fourth-order valence-electron chi connectivity index (χ4n) is 4.21. The summed E-state index contributed by atoms with van der Waals surface area (Å²) >= 11 is 0. The molecule has 0 aliphatic heterocycles. The molecule has 12 nitrogen and oxygen atoms in total. The normalized spacial score (nSPS) is 11.4. The summed E-state index contributed by atoms with van der Waals surface area (Å²) in [5.74, 6) is 6.12. The van der Waals surface area contributed by atoms with Crippen LogP contribution < -0.4 is 18.9 Å². The number of nitrogens with zero attached hydrogens (tertiary/aromatic N) is 3. The van der Waals surface area contributed by atoms with Crippen LogP contribution in [0, 0.1) is 22.0 Å². The predicted molar refractivity (Wildman–Crippen MR) is 139 cm³/mol. The van der Waals surface area contributed by atoms with Crippen molar-refractivity contribution in [2.45, 2.75) is 13.0 Å². The highest BCUT2D eigenvalue weighted by Crippen LogP contribution is 2.40. The van der Waals surface area contributed by atoms with Crippen molar-refractivity contribution in [1.29, 1.82) is 0 Å². The Morgan fingerprint density at radius 3 is 2.28 bits per heavy atom. The van der Waals surface area contributed by atoms with Gasteiger partial charge in [0.1, 0.15) is 34.8 Å². The molecule has 0 saturated carbocycles. The van der Waals surface area contributed by atoms with Crippen LogP contribution in [0.1, 0.15) is 40.3 Å². The van der Waals surface area contributed by atoms with Gasteiger partial charge in [-0.05, 0) is 37.3 Å². The highest BCUT2D eigenvalue weighted by atomic mass is 16.6. The molecule has 2 aromatic heterocycles. The number of ether oxygens (including phenoxy) is 4. The van der Waals surface area contributed by atoms with Gasteiger partial charge in [-0.25, -0.2) is 0 Å². The Morgan fingerprint density at radius 2 is 1.74 bits per heavy atom. The van der Waals surface area contributed by atoms with Crippen molar-refractivity contribution in [3.63, 3.8) is 0 Å². The first kappa shape index (κ1) is 27.0. The molecule has 4 rings (SSSR count). The highest BCUT2D eigenvalue weighted by Gasteiger charge is 2.28. The number of aliphatic hydroxyl groups excluding tert-OH is 1. The minimum Gasteiger partial charge on any atom is -0.495 e. The van der Waals surface area contributed by atoms with Gasteiger partial charge < -0.3 is 28.5 Å². The lowest BCUT2D eigenvalue weighted by Gasteiger charge is -2.13. The van der Waals surface area contributed by atoms with Crippen LogP contribution in [0.4, 0.5) is 5.88 Å². The molecule has 39 heavy (non-hydrogen) atoms. The zero-order valence-electron chi connectivity index (χ0n) is 21.8. The van der Waals surface area contributed by atoms with Gasteiger partial charge in [0.05, 0.1) is 45.6 Å². The first-order valence-corrected chi connectivity index (χ1v) is 11.6. The largest absolute Gasteiger partial charge is 0.495 e. The van der Waals surface area contributed by atoms with Crippen LogP contribution in [0.15, 0.2) is 40.8 Å². The first-order valence-electron chi connectivity index (χ1n) is 11.6. The van der Waals surface area contributed by atoms with E-state index in [4.69, 9.17) is 23.4 Å².